The molecule has 0 N–H and O–H groups in total. The number of rotatable bonds is 6. The SMILES string of the molecule is C[Si](C)(C)N(CCCN1C(=O)c2cc3ccccc3cc2C1=O)[Si](C)(C)C. The van der Waals surface area contributed by atoms with E-state index in [1.807, 2.05) is 36.4 Å². The van der Waals surface area contributed by atoms with Crippen molar-refractivity contribution in [3.05, 3.63) is 47.5 Å². The second kappa shape index (κ2) is 7.00. The third-order valence-corrected chi connectivity index (χ3v) is 12.9. The van der Waals surface area contributed by atoms with Crippen LogP contribution in [0.25, 0.3) is 10.8 Å². The minimum absolute atomic E-state index is 0.145. The number of nitrogens with zero attached hydrogens (tertiary/aromatic N) is 2. The monoisotopic (exact) mass is 398 g/mol. The predicted molar refractivity (Wildman–Crippen MR) is 117 cm³/mol. The van der Waals surface area contributed by atoms with Gasteiger partial charge >= 0.3 is 0 Å². The lowest BCUT2D eigenvalue weighted by Gasteiger charge is -2.43. The smallest absolute Gasteiger partial charge is 0.261 e. The van der Waals surface area contributed by atoms with Crippen LogP contribution in [-0.2, 0) is 0 Å². The first-order chi connectivity index (χ1) is 12.5. The van der Waals surface area contributed by atoms with E-state index in [4.69, 9.17) is 0 Å². The lowest BCUT2D eigenvalue weighted by atomic mass is 10.0. The third-order valence-electron chi connectivity index (χ3n) is 5.22. The molecule has 3 rings (SSSR count). The van der Waals surface area contributed by atoms with Crippen molar-refractivity contribution >= 4 is 39.1 Å². The Kier molecular flexibility index (Phi) is 5.18. The van der Waals surface area contributed by atoms with Crippen LogP contribution in [0.3, 0.4) is 0 Å². The van der Waals surface area contributed by atoms with E-state index in [2.05, 4.69) is 43.5 Å². The average Bonchev–Trinajstić information content (AvgIpc) is 2.78. The molecule has 2 amide bonds. The Labute approximate surface area is 164 Å². The minimum Gasteiger partial charge on any atom is -0.346 e. The van der Waals surface area contributed by atoms with E-state index in [0.29, 0.717) is 17.7 Å². The van der Waals surface area contributed by atoms with Gasteiger partial charge in [-0.3, -0.25) is 14.5 Å². The molecule has 27 heavy (non-hydrogen) atoms. The van der Waals surface area contributed by atoms with Gasteiger partial charge in [0, 0.05) is 6.54 Å². The van der Waals surface area contributed by atoms with Crippen molar-refractivity contribution in [1.29, 1.82) is 0 Å². The van der Waals surface area contributed by atoms with Crippen molar-refractivity contribution in [2.24, 2.45) is 0 Å². The van der Waals surface area contributed by atoms with Crippen LogP contribution in [-0.4, -0.2) is 50.5 Å². The quantitative estimate of drug-likeness (QED) is 0.518. The van der Waals surface area contributed by atoms with E-state index in [0.717, 1.165) is 23.7 Å². The Morgan fingerprint density at radius 3 is 1.67 bits per heavy atom. The molecule has 0 spiro atoms. The summed E-state index contributed by atoms with van der Waals surface area (Å²) in [5, 5.41) is 2.01. The average molecular weight is 399 g/mol. The van der Waals surface area contributed by atoms with Crippen LogP contribution < -0.4 is 0 Å². The molecule has 6 heteroatoms. The summed E-state index contributed by atoms with van der Waals surface area (Å²) in [6, 6.07) is 11.6. The lowest BCUT2D eigenvalue weighted by Crippen LogP contribution is -2.59. The number of carbonyl (C=O) groups excluding carboxylic acids is 2. The van der Waals surface area contributed by atoms with E-state index in [1.165, 1.54) is 4.90 Å². The summed E-state index contributed by atoms with van der Waals surface area (Å²) in [7, 11) is -2.85. The number of benzene rings is 2. The zero-order chi connectivity index (χ0) is 20.0. The van der Waals surface area contributed by atoms with E-state index >= 15 is 0 Å². The van der Waals surface area contributed by atoms with Crippen LogP contribution in [0, 0.1) is 0 Å². The van der Waals surface area contributed by atoms with E-state index in [1.54, 1.807) is 0 Å². The first kappa shape index (κ1) is 20.0. The molecule has 4 nitrogen and oxygen atoms in total. The molecule has 0 aliphatic carbocycles. The molecule has 2 aromatic rings. The molecule has 1 aliphatic heterocycles. The van der Waals surface area contributed by atoms with Gasteiger partial charge in [-0.25, -0.2) is 0 Å². The van der Waals surface area contributed by atoms with Crippen molar-refractivity contribution < 1.29 is 9.59 Å². The first-order valence-electron chi connectivity index (χ1n) is 9.67. The number of hydrogen-bond donors (Lipinski definition) is 0. The molecule has 0 atom stereocenters. The number of amides is 2. The first-order valence-corrected chi connectivity index (χ1v) is 16.6. The molecule has 144 valence electrons. The Balaban J connectivity index is 1.76. The zero-order valence-corrected chi connectivity index (χ0v) is 19.3. The molecule has 2 aromatic carbocycles. The molecule has 0 saturated heterocycles. The maximum atomic E-state index is 12.8. The van der Waals surface area contributed by atoms with Crippen LogP contribution in [0.1, 0.15) is 27.1 Å². The molecule has 0 aromatic heterocycles. The van der Waals surface area contributed by atoms with Crippen molar-refractivity contribution in [2.75, 3.05) is 13.1 Å². The molecular formula is C21H30N2O2Si2. The Hall–Kier alpha value is -1.77. The number of imide groups is 1. The Morgan fingerprint density at radius 2 is 1.26 bits per heavy atom. The van der Waals surface area contributed by atoms with Gasteiger partial charge in [0.15, 0.2) is 0 Å². The van der Waals surface area contributed by atoms with Crippen LogP contribution in [0.15, 0.2) is 36.4 Å². The largest absolute Gasteiger partial charge is 0.346 e. The summed E-state index contributed by atoms with van der Waals surface area (Å²) in [4.78, 5) is 27.1. The summed E-state index contributed by atoms with van der Waals surface area (Å²) in [5.41, 5.74) is 1.09. The fraction of sp³-hybridized carbons (Fsp3) is 0.429. The fourth-order valence-corrected chi connectivity index (χ4v) is 14.0. The standard InChI is InChI=1S/C21H30N2O2Si2/c1-26(2,3)23(27(4,5)6)13-9-12-22-20(24)18-14-16-10-7-8-11-17(16)15-19(18)21(22)25/h7-8,10-11,14-15H,9,12-13H2,1-6H3. The minimum atomic E-state index is -1.42. The highest BCUT2D eigenvalue weighted by Gasteiger charge is 2.37. The zero-order valence-electron chi connectivity index (χ0n) is 17.3. The summed E-state index contributed by atoms with van der Waals surface area (Å²) in [6.45, 7) is 15.7. The van der Waals surface area contributed by atoms with Gasteiger partial charge in [0.1, 0.15) is 16.5 Å². The molecule has 0 radical (unpaired) electrons. The van der Waals surface area contributed by atoms with Crippen LogP contribution in [0.2, 0.25) is 39.3 Å². The van der Waals surface area contributed by atoms with E-state index in [9.17, 15) is 9.59 Å². The number of fused-ring (bicyclic) bond motifs is 2. The van der Waals surface area contributed by atoms with Crippen molar-refractivity contribution in [3.8, 4) is 0 Å². The summed E-state index contributed by atoms with van der Waals surface area (Å²) in [6.07, 6.45) is 0.833. The lowest BCUT2D eigenvalue weighted by molar-refractivity contribution is 0.0652. The van der Waals surface area contributed by atoms with Gasteiger partial charge in [-0.2, -0.15) is 0 Å². The highest BCUT2D eigenvalue weighted by Crippen LogP contribution is 2.28. The second-order valence-corrected chi connectivity index (χ2v) is 19.6. The molecule has 0 bridgehead atoms. The van der Waals surface area contributed by atoms with Gasteiger partial charge in [-0.1, -0.05) is 63.5 Å². The highest BCUT2D eigenvalue weighted by molar-refractivity contribution is 6.89. The molecule has 1 heterocycles. The topological polar surface area (TPSA) is 40.6 Å². The van der Waals surface area contributed by atoms with Gasteiger partial charge < -0.3 is 4.23 Å². The van der Waals surface area contributed by atoms with Gasteiger partial charge in [0.25, 0.3) is 11.8 Å². The third kappa shape index (κ3) is 3.93. The van der Waals surface area contributed by atoms with Gasteiger partial charge in [0.2, 0.25) is 0 Å². The van der Waals surface area contributed by atoms with Crippen LogP contribution in [0.5, 0.6) is 0 Å². The van der Waals surface area contributed by atoms with E-state index < -0.39 is 16.5 Å². The normalized spacial score (nSPS) is 15.1. The maximum absolute atomic E-state index is 12.8. The maximum Gasteiger partial charge on any atom is 0.261 e. The summed E-state index contributed by atoms with van der Waals surface area (Å²) >= 11 is 0. The molecule has 0 fully saturated rings. The number of carbonyl (C=O) groups is 2. The van der Waals surface area contributed by atoms with Gasteiger partial charge in [0.05, 0.1) is 11.1 Å². The van der Waals surface area contributed by atoms with E-state index in [-0.39, 0.29) is 11.8 Å². The number of hydrogen-bond acceptors (Lipinski definition) is 3. The predicted octanol–water partition coefficient (Wildman–Crippen LogP) is 4.80. The molecular weight excluding hydrogens is 368 g/mol. The molecule has 0 unspecified atom stereocenters. The molecule has 0 saturated carbocycles. The van der Waals surface area contributed by atoms with Crippen molar-refractivity contribution in [1.82, 2.24) is 9.13 Å². The fourth-order valence-electron chi connectivity index (χ4n) is 4.24. The van der Waals surface area contributed by atoms with Crippen molar-refractivity contribution in [2.45, 2.75) is 45.7 Å². The molecule has 1 aliphatic rings. The van der Waals surface area contributed by atoms with Gasteiger partial charge in [-0.15, -0.1) is 0 Å². The summed E-state index contributed by atoms with van der Waals surface area (Å²) < 4.78 is 2.70. The van der Waals surface area contributed by atoms with Gasteiger partial charge in [-0.05, 0) is 35.9 Å². The van der Waals surface area contributed by atoms with Crippen molar-refractivity contribution in [3.63, 3.8) is 0 Å². The highest BCUT2D eigenvalue weighted by atomic mass is 28.4. The van der Waals surface area contributed by atoms with Crippen LogP contribution in [0.4, 0.5) is 0 Å². The second-order valence-electron chi connectivity index (χ2n) is 9.35. The summed E-state index contributed by atoms with van der Waals surface area (Å²) in [5.74, 6) is -0.290. The Bertz CT molecular complexity index is 829. The van der Waals surface area contributed by atoms with Crippen LogP contribution >= 0.6 is 0 Å². The Morgan fingerprint density at radius 1 is 0.815 bits per heavy atom.